The van der Waals surface area contributed by atoms with E-state index in [1.54, 1.807) is 0 Å². The molecule has 0 bridgehead atoms. The fraction of sp³-hybridized carbons (Fsp3) is 0. The van der Waals surface area contributed by atoms with Gasteiger partial charge in [-0.05, 0) is 104 Å². The zero-order valence-corrected chi connectivity index (χ0v) is 31.9. The first-order valence-electron chi connectivity index (χ1n) is 20.0. The van der Waals surface area contributed by atoms with Gasteiger partial charge in [0.05, 0.1) is 11.0 Å². The number of fused-ring (bicyclic) bond motifs is 3. The van der Waals surface area contributed by atoms with Gasteiger partial charge in [0, 0.05) is 33.2 Å². The molecule has 59 heavy (non-hydrogen) atoms. The molecule has 4 heteroatoms. The summed E-state index contributed by atoms with van der Waals surface area (Å²) < 4.78 is 2.42. The summed E-state index contributed by atoms with van der Waals surface area (Å²) in [6.07, 6.45) is 0. The molecule has 12 rings (SSSR count). The minimum absolute atomic E-state index is 0.632. The molecule has 0 saturated carbocycles. The fourth-order valence-electron chi connectivity index (χ4n) is 9.03. The molecule has 0 amide bonds. The smallest absolute Gasteiger partial charge is 0.164 e. The zero-order chi connectivity index (χ0) is 38.9. The maximum Gasteiger partial charge on any atom is 0.164 e. The van der Waals surface area contributed by atoms with E-state index in [1.807, 2.05) is 36.4 Å². The summed E-state index contributed by atoms with van der Waals surface area (Å²) in [4.78, 5) is 15.1. The van der Waals surface area contributed by atoms with Crippen molar-refractivity contribution in [2.45, 2.75) is 0 Å². The molecule has 0 N–H and O–H groups in total. The standard InChI is InChI=1S/C55H34N4/c1-4-13-35(14-5-1)37-23-25-39(26-24-37)54-56-53(38-17-8-3-9-18-38)57-55(58-54)40-27-30-43(31-28-40)59-48-22-12-21-46-44-19-10-11-20-45(44)47-34-42(36-15-6-2-7-16-36)33-41-29-32-49(59)52(50(41)47)51(46)48/h1-34H. The molecule has 0 spiro atoms. The summed E-state index contributed by atoms with van der Waals surface area (Å²) in [5, 5.41) is 5.10. The number of hydrogen-bond acceptors (Lipinski definition) is 3. The second-order valence-electron chi connectivity index (χ2n) is 15.2. The molecule has 0 aliphatic heterocycles. The van der Waals surface area contributed by atoms with Crippen LogP contribution in [0.1, 0.15) is 0 Å². The van der Waals surface area contributed by atoms with Gasteiger partial charge in [0.25, 0.3) is 0 Å². The Balaban J connectivity index is 1.01. The predicted molar refractivity (Wildman–Crippen MR) is 243 cm³/mol. The predicted octanol–water partition coefficient (Wildman–Crippen LogP) is 14.1. The molecular weight excluding hydrogens is 717 g/mol. The van der Waals surface area contributed by atoms with E-state index >= 15 is 0 Å². The fourth-order valence-corrected chi connectivity index (χ4v) is 9.03. The van der Waals surface area contributed by atoms with Gasteiger partial charge in [-0.2, -0.15) is 0 Å². The third-order valence-electron chi connectivity index (χ3n) is 11.8. The lowest BCUT2D eigenvalue weighted by Crippen LogP contribution is -2.00. The van der Waals surface area contributed by atoms with Crippen LogP contribution >= 0.6 is 0 Å². The zero-order valence-electron chi connectivity index (χ0n) is 31.9. The van der Waals surface area contributed by atoms with Gasteiger partial charge < -0.3 is 4.57 Å². The Kier molecular flexibility index (Phi) is 7.50. The number of aromatic nitrogens is 4. The van der Waals surface area contributed by atoms with Gasteiger partial charge in [-0.1, -0.05) is 158 Å². The van der Waals surface area contributed by atoms with Gasteiger partial charge in [-0.25, -0.2) is 15.0 Å². The van der Waals surface area contributed by atoms with E-state index < -0.39 is 0 Å². The van der Waals surface area contributed by atoms with Gasteiger partial charge in [0.15, 0.2) is 17.5 Å². The van der Waals surface area contributed by atoms with Crippen molar-refractivity contribution in [2.24, 2.45) is 0 Å². The number of nitrogens with zero attached hydrogens (tertiary/aromatic N) is 4. The summed E-state index contributed by atoms with van der Waals surface area (Å²) in [7, 11) is 0. The average molecular weight is 751 g/mol. The molecule has 4 nitrogen and oxygen atoms in total. The maximum atomic E-state index is 5.08. The molecule has 11 aromatic rings. The van der Waals surface area contributed by atoms with Crippen molar-refractivity contribution in [1.29, 1.82) is 0 Å². The van der Waals surface area contributed by atoms with Gasteiger partial charge >= 0.3 is 0 Å². The molecule has 0 unspecified atom stereocenters. The van der Waals surface area contributed by atoms with Crippen molar-refractivity contribution >= 4 is 32.6 Å². The Morgan fingerprint density at radius 2 is 0.729 bits per heavy atom. The third kappa shape index (κ3) is 5.42. The topological polar surface area (TPSA) is 43.6 Å². The number of rotatable bonds is 6. The SMILES string of the molecule is c1ccc(-c2ccc(-c3nc(-c4ccccc4)nc(-c4ccc(-n5c6cccc7c6c6c8c(cc(-c9ccccc9)cc8ccc65)-c5ccccc5-7)cc4)n3)cc2)cc1. The van der Waals surface area contributed by atoms with Gasteiger partial charge in [-0.15, -0.1) is 0 Å². The minimum Gasteiger partial charge on any atom is -0.309 e. The van der Waals surface area contributed by atoms with Crippen molar-refractivity contribution in [3.8, 4) is 84.4 Å². The number of hydrogen-bond donors (Lipinski definition) is 0. The molecule has 1 aliphatic rings. The molecular formula is C55H34N4. The van der Waals surface area contributed by atoms with E-state index in [-0.39, 0.29) is 0 Å². The quantitative estimate of drug-likeness (QED) is 0.170. The molecule has 0 saturated heterocycles. The highest BCUT2D eigenvalue weighted by Gasteiger charge is 2.25. The van der Waals surface area contributed by atoms with Crippen LogP contribution in [0.5, 0.6) is 0 Å². The highest BCUT2D eigenvalue weighted by Crippen LogP contribution is 2.50. The van der Waals surface area contributed by atoms with E-state index in [0.29, 0.717) is 17.5 Å². The lowest BCUT2D eigenvalue weighted by atomic mass is 9.90. The Hall–Kier alpha value is -7.95. The molecule has 2 aromatic heterocycles. The molecule has 0 fully saturated rings. The van der Waals surface area contributed by atoms with Crippen molar-refractivity contribution < 1.29 is 0 Å². The van der Waals surface area contributed by atoms with Crippen LogP contribution in [0.3, 0.4) is 0 Å². The van der Waals surface area contributed by atoms with Crippen LogP contribution < -0.4 is 0 Å². The van der Waals surface area contributed by atoms with Crippen LogP contribution in [0.4, 0.5) is 0 Å². The lowest BCUT2D eigenvalue weighted by molar-refractivity contribution is 1.07. The highest BCUT2D eigenvalue weighted by molar-refractivity contribution is 6.30. The second-order valence-corrected chi connectivity index (χ2v) is 15.2. The van der Waals surface area contributed by atoms with Crippen LogP contribution in [-0.2, 0) is 0 Å². The summed E-state index contributed by atoms with van der Waals surface area (Å²) in [6, 6.07) is 73.4. The van der Waals surface area contributed by atoms with Gasteiger partial charge in [-0.3, -0.25) is 0 Å². The van der Waals surface area contributed by atoms with E-state index in [1.165, 1.54) is 71.5 Å². The summed E-state index contributed by atoms with van der Waals surface area (Å²) >= 11 is 0. The van der Waals surface area contributed by atoms with E-state index in [4.69, 9.17) is 15.0 Å². The highest BCUT2D eigenvalue weighted by atomic mass is 15.0. The van der Waals surface area contributed by atoms with Crippen LogP contribution in [0.25, 0.3) is 117 Å². The normalized spacial score (nSPS) is 11.7. The van der Waals surface area contributed by atoms with Crippen LogP contribution in [0.2, 0.25) is 0 Å². The minimum atomic E-state index is 0.632. The first-order valence-corrected chi connectivity index (χ1v) is 20.0. The van der Waals surface area contributed by atoms with E-state index in [0.717, 1.165) is 27.9 Å². The monoisotopic (exact) mass is 750 g/mol. The summed E-state index contributed by atoms with van der Waals surface area (Å²) in [5.41, 5.74) is 16.1. The molecule has 0 radical (unpaired) electrons. The molecule has 2 heterocycles. The third-order valence-corrected chi connectivity index (χ3v) is 11.8. The molecule has 0 atom stereocenters. The second kappa shape index (κ2) is 13.3. The Labute approximate surface area is 341 Å². The van der Waals surface area contributed by atoms with Crippen LogP contribution in [0.15, 0.2) is 206 Å². The Morgan fingerprint density at radius 1 is 0.271 bits per heavy atom. The van der Waals surface area contributed by atoms with Crippen LogP contribution in [0, 0.1) is 0 Å². The van der Waals surface area contributed by atoms with Gasteiger partial charge in [0.1, 0.15) is 0 Å². The molecule has 274 valence electrons. The molecule has 9 aromatic carbocycles. The maximum absolute atomic E-state index is 5.08. The first kappa shape index (κ1) is 33.2. The Morgan fingerprint density at radius 3 is 1.36 bits per heavy atom. The summed E-state index contributed by atoms with van der Waals surface area (Å²) in [5.74, 6) is 1.91. The van der Waals surface area contributed by atoms with E-state index in [2.05, 4.69) is 174 Å². The largest absolute Gasteiger partial charge is 0.309 e. The van der Waals surface area contributed by atoms with Crippen molar-refractivity contribution in [1.82, 2.24) is 19.5 Å². The Bertz CT molecular complexity index is 3390. The first-order chi connectivity index (χ1) is 29.2. The van der Waals surface area contributed by atoms with Crippen molar-refractivity contribution in [2.75, 3.05) is 0 Å². The summed E-state index contributed by atoms with van der Waals surface area (Å²) in [6.45, 7) is 0. The van der Waals surface area contributed by atoms with E-state index in [9.17, 15) is 0 Å². The lowest BCUT2D eigenvalue weighted by Gasteiger charge is -2.15. The number of benzene rings is 9. The average Bonchev–Trinajstić information content (AvgIpc) is 3.60. The van der Waals surface area contributed by atoms with Gasteiger partial charge in [0.2, 0.25) is 0 Å². The van der Waals surface area contributed by atoms with Crippen molar-refractivity contribution in [3.05, 3.63) is 206 Å². The van der Waals surface area contributed by atoms with Crippen molar-refractivity contribution in [3.63, 3.8) is 0 Å². The molecule has 1 aliphatic carbocycles. The van der Waals surface area contributed by atoms with Crippen LogP contribution in [-0.4, -0.2) is 19.5 Å².